The third-order valence-corrected chi connectivity index (χ3v) is 7.94. The highest BCUT2D eigenvalue weighted by Gasteiger charge is 2.58. The molecule has 0 radical (unpaired) electrons. The number of carbonyl (C=O) groups is 1. The molecule has 0 amide bonds. The molecule has 2 aliphatic rings. The minimum Gasteiger partial charge on any atom is -0.377 e. The van der Waals surface area contributed by atoms with Gasteiger partial charge in [-0.1, -0.05) is 6.07 Å². The van der Waals surface area contributed by atoms with Gasteiger partial charge in [-0.25, -0.2) is 22.1 Å². The molecule has 2 aliphatic heterocycles. The van der Waals surface area contributed by atoms with Gasteiger partial charge >= 0.3 is 6.18 Å². The number of aromatic nitrogens is 1. The van der Waals surface area contributed by atoms with Crippen LogP contribution < -0.4 is 5.73 Å². The predicted molar refractivity (Wildman–Crippen MR) is 108 cm³/mol. The number of rotatable bonds is 4. The number of ether oxygens (including phenoxy) is 1. The number of nitrogens with two attached hydrogens (primary N) is 1. The number of sulfonamides is 1. The average molecular weight is 486 g/mol. The zero-order valence-electron chi connectivity index (χ0n) is 17.1. The number of pyridine rings is 1. The van der Waals surface area contributed by atoms with E-state index in [-0.39, 0.29) is 36.9 Å². The number of hydrogen-bond acceptors (Lipinski definition) is 7. The lowest BCUT2D eigenvalue weighted by atomic mass is 9.87. The molecule has 0 saturated carbocycles. The van der Waals surface area contributed by atoms with Gasteiger partial charge in [0.1, 0.15) is 22.3 Å². The van der Waals surface area contributed by atoms with E-state index >= 15 is 0 Å². The van der Waals surface area contributed by atoms with Gasteiger partial charge in [0.2, 0.25) is 16.0 Å². The average Bonchev–Trinajstić information content (AvgIpc) is 3.19. The van der Waals surface area contributed by atoms with Crippen molar-refractivity contribution in [3.8, 4) is 0 Å². The summed E-state index contributed by atoms with van der Waals surface area (Å²) < 4.78 is 84.9. The molecule has 0 unspecified atom stereocenters. The summed E-state index contributed by atoms with van der Waals surface area (Å²) in [6.07, 6.45) is -4.33. The van der Waals surface area contributed by atoms with Crippen LogP contribution in [0.25, 0.3) is 0 Å². The molecule has 3 heterocycles. The molecule has 1 aromatic heterocycles. The molecule has 1 saturated heterocycles. The quantitative estimate of drug-likeness (QED) is 0.521. The molecule has 176 valence electrons. The maximum absolute atomic E-state index is 14.9. The summed E-state index contributed by atoms with van der Waals surface area (Å²) in [5.74, 6) is -1.69. The Balaban J connectivity index is 1.68. The fourth-order valence-electron chi connectivity index (χ4n) is 3.91. The van der Waals surface area contributed by atoms with Crippen LogP contribution in [0.15, 0.2) is 41.5 Å². The van der Waals surface area contributed by atoms with Crippen molar-refractivity contribution >= 4 is 21.8 Å². The summed E-state index contributed by atoms with van der Waals surface area (Å²) in [7, 11) is -2.75. The third-order valence-electron chi connectivity index (χ3n) is 5.74. The molecule has 1 aromatic carbocycles. The first-order valence-electron chi connectivity index (χ1n) is 9.62. The molecule has 8 nitrogen and oxygen atoms in total. The Bertz CT molecular complexity index is 1250. The number of hydrogen-bond donors (Lipinski definition) is 1. The van der Waals surface area contributed by atoms with Crippen molar-refractivity contribution in [3.05, 3.63) is 64.7 Å². The molecule has 1 fully saturated rings. The van der Waals surface area contributed by atoms with Crippen molar-refractivity contribution < 1.29 is 35.5 Å². The van der Waals surface area contributed by atoms with Gasteiger partial charge in [0.25, 0.3) is 0 Å². The van der Waals surface area contributed by atoms with E-state index in [9.17, 15) is 30.8 Å². The highest BCUT2D eigenvalue weighted by atomic mass is 32.2. The Morgan fingerprint density at radius 3 is 2.67 bits per heavy atom. The molecule has 4 rings (SSSR count). The first kappa shape index (κ1) is 23.1. The van der Waals surface area contributed by atoms with Gasteiger partial charge in [-0.15, -0.1) is 0 Å². The number of benzene rings is 1. The number of aliphatic imine (C=N–C) groups is 1. The Morgan fingerprint density at radius 1 is 1.30 bits per heavy atom. The van der Waals surface area contributed by atoms with Gasteiger partial charge in [-0.3, -0.25) is 9.78 Å². The van der Waals surface area contributed by atoms with Crippen molar-refractivity contribution in [2.75, 3.05) is 20.3 Å². The highest BCUT2D eigenvalue weighted by molar-refractivity contribution is 7.90. The number of halogens is 4. The summed E-state index contributed by atoms with van der Waals surface area (Å²) in [6.45, 7) is -0.457. The van der Waals surface area contributed by atoms with Crippen molar-refractivity contribution in [1.29, 1.82) is 0 Å². The number of carbonyl (C=O) groups excluding carboxylic acids is 1. The van der Waals surface area contributed by atoms with Crippen LogP contribution in [-0.2, 0) is 32.9 Å². The van der Waals surface area contributed by atoms with E-state index in [0.717, 1.165) is 22.5 Å². The van der Waals surface area contributed by atoms with E-state index in [1.54, 1.807) is 0 Å². The van der Waals surface area contributed by atoms with Crippen LogP contribution in [0.2, 0.25) is 0 Å². The van der Waals surface area contributed by atoms with E-state index in [2.05, 4.69) is 9.98 Å². The number of nitrogens with zero attached hydrogens (tertiary/aromatic N) is 3. The van der Waals surface area contributed by atoms with E-state index in [0.29, 0.717) is 11.8 Å². The van der Waals surface area contributed by atoms with Gasteiger partial charge in [0, 0.05) is 25.2 Å². The second-order valence-corrected chi connectivity index (χ2v) is 9.90. The van der Waals surface area contributed by atoms with E-state index in [4.69, 9.17) is 10.5 Å². The highest BCUT2D eigenvalue weighted by Crippen LogP contribution is 2.43. The van der Waals surface area contributed by atoms with Crippen LogP contribution in [-0.4, -0.2) is 55.0 Å². The number of Topliss-reactive ketones (excluding diaryl/α,β-unsaturated/α-hetero) is 1. The fourth-order valence-corrected chi connectivity index (χ4v) is 5.61. The van der Waals surface area contributed by atoms with Crippen LogP contribution in [0.5, 0.6) is 0 Å². The van der Waals surface area contributed by atoms with Crippen LogP contribution >= 0.6 is 0 Å². The maximum atomic E-state index is 14.9. The Kier molecular flexibility index (Phi) is 5.44. The number of alkyl halides is 3. The molecule has 2 atom stereocenters. The van der Waals surface area contributed by atoms with Crippen LogP contribution in [0.1, 0.15) is 27.2 Å². The predicted octanol–water partition coefficient (Wildman–Crippen LogP) is 1.85. The van der Waals surface area contributed by atoms with Crippen molar-refractivity contribution in [3.63, 3.8) is 0 Å². The zero-order chi connectivity index (χ0) is 24.2. The molecule has 2 N–H and O–H groups in total. The minimum atomic E-state index is -4.59. The normalized spacial score (nSPS) is 24.3. The van der Waals surface area contributed by atoms with Crippen molar-refractivity contribution in [2.24, 2.45) is 10.7 Å². The smallest absolute Gasteiger partial charge is 0.377 e. The second kappa shape index (κ2) is 7.76. The lowest BCUT2D eigenvalue weighted by Crippen LogP contribution is -2.57. The Hall–Kier alpha value is -3.06. The summed E-state index contributed by atoms with van der Waals surface area (Å²) in [5, 5.41) is -1.22. The molecule has 33 heavy (non-hydrogen) atoms. The summed E-state index contributed by atoms with van der Waals surface area (Å²) in [6, 6.07) is 5.40. The molecular formula is C20H18F4N4O4S. The van der Waals surface area contributed by atoms with Crippen molar-refractivity contribution in [2.45, 2.75) is 23.4 Å². The first-order valence-corrected chi connectivity index (χ1v) is 11.1. The van der Waals surface area contributed by atoms with Gasteiger partial charge in [0.15, 0.2) is 5.78 Å². The first-order chi connectivity index (χ1) is 15.4. The van der Waals surface area contributed by atoms with Crippen LogP contribution in [0.3, 0.4) is 0 Å². The lowest BCUT2D eigenvalue weighted by molar-refractivity contribution is -0.137. The van der Waals surface area contributed by atoms with E-state index < -0.39 is 44.2 Å². The van der Waals surface area contributed by atoms with Crippen LogP contribution in [0.4, 0.5) is 17.6 Å². The monoisotopic (exact) mass is 486 g/mol. The zero-order valence-corrected chi connectivity index (χ0v) is 18.0. The van der Waals surface area contributed by atoms with Crippen LogP contribution in [0, 0.1) is 5.82 Å². The van der Waals surface area contributed by atoms with Gasteiger partial charge in [-0.05, 0) is 29.8 Å². The second-order valence-electron chi connectivity index (χ2n) is 7.75. The Labute approximate surface area is 186 Å². The fraction of sp³-hybridized carbons (Fsp3) is 0.350. The number of guanidine groups is 1. The van der Waals surface area contributed by atoms with Gasteiger partial charge < -0.3 is 10.5 Å². The molecule has 0 bridgehead atoms. The third kappa shape index (κ3) is 3.84. The Morgan fingerprint density at radius 2 is 2.03 bits per heavy atom. The molecule has 0 spiro atoms. The van der Waals surface area contributed by atoms with Gasteiger partial charge in [0.05, 0.1) is 18.8 Å². The standard InChI is InChI=1S/C20H18F4N4O4S/c1-28-18(25)27-19(10-32-9-17(19)33(28,30)31)13-6-11(2-4-14(13)21)7-16(29)15-5-3-12(8-26-15)20(22,23)24/h2-6,8,17H,7,9-10H2,1H3,(H2,25,27)/t17-,19-/m1/s1. The molecule has 0 aliphatic carbocycles. The van der Waals surface area contributed by atoms with E-state index in [1.165, 1.54) is 19.2 Å². The van der Waals surface area contributed by atoms with E-state index in [1.807, 2.05) is 0 Å². The van der Waals surface area contributed by atoms with Gasteiger partial charge in [-0.2, -0.15) is 13.2 Å². The SMILES string of the molecule is CN1C(N)=N[C@@]2(c3cc(CC(=O)c4ccc(C(F)(F)F)cn4)ccc3F)COC[C@H]2S1(=O)=O. The molecular weight excluding hydrogens is 468 g/mol. The summed E-state index contributed by atoms with van der Waals surface area (Å²) >= 11 is 0. The molecule has 2 aromatic rings. The molecule has 13 heteroatoms. The van der Waals surface area contributed by atoms with Crippen molar-refractivity contribution in [1.82, 2.24) is 9.29 Å². The lowest BCUT2D eigenvalue weighted by Gasteiger charge is -2.38. The summed E-state index contributed by atoms with van der Waals surface area (Å²) in [4.78, 5) is 20.4. The topological polar surface area (TPSA) is 115 Å². The largest absolute Gasteiger partial charge is 0.417 e. The number of ketones is 1. The maximum Gasteiger partial charge on any atom is 0.417 e. The minimum absolute atomic E-state index is 0.102. The number of fused-ring (bicyclic) bond motifs is 1. The summed E-state index contributed by atoms with van der Waals surface area (Å²) in [5.41, 5.74) is 3.17.